The second-order valence-electron chi connectivity index (χ2n) is 8.43. The SMILES string of the molecule is O=C(Nc1ccc(OC(F)(F)Cl)cc1)c1cnc(N2CC[C@@H](O)C2)c(NCc2cc([N+](=O)[O-])ccc2O)c1. The van der Waals surface area contributed by atoms with Gasteiger partial charge in [-0.2, -0.15) is 0 Å². The summed E-state index contributed by atoms with van der Waals surface area (Å²) in [5, 5.41) is 36.9. The van der Waals surface area contributed by atoms with Crippen molar-refractivity contribution >= 4 is 40.4 Å². The van der Waals surface area contributed by atoms with E-state index in [2.05, 4.69) is 20.4 Å². The molecular formula is C24H22ClF2N5O6. The predicted octanol–water partition coefficient (Wildman–Crippen LogP) is 4.30. The third-order valence-electron chi connectivity index (χ3n) is 5.68. The highest BCUT2D eigenvalue weighted by Gasteiger charge is 2.27. The molecule has 1 atom stereocenters. The summed E-state index contributed by atoms with van der Waals surface area (Å²) >= 11 is 4.75. The summed E-state index contributed by atoms with van der Waals surface area (Å²) in [5.74, 6) is -0.449. The molecule has 0 aliphatic carbocycles. The van der Waals surface area contributed by atoms with E-state index in [9.17, 15) is 33.9 Å². The number of ether oxygens (including phenoxy) is 1. The lowest BCUT2D eigenvalue weighted by atomic mass is 10.1. The smallest absolute Gasteiger partial charge is 0.487 e. The largest absolute Gasteiger partial charge is 0.508 e. The molecule has 1 aliphatic rings. The fourth-order valence-corrected chi connectivity index (χ4v) is 3.95. The van der Waals surface area contributed by atoms with Crippen molar-refractivity contribution in [2.45, 2.75) is 24.6 Å². The van der Waals surface area contributed by atoms with Gasteiger partial charge >= 0.3 is 5.57 Å². The first-order valence-corrected chi connectivity index (χ1v) is 11.7. The quantitative estimate of drug-likeness (QED) is 0.174. The van der Waals surface area contributed by atoms with Crippen LogP contribution in [0.3, 0.4) is 0 Å². The van der Waals surface area contributed by atoms with Gasteiger partial charge in [-0.05, 0) is 42.8 Å². The summed E-state index contributed by atoms with van der Waals surface area (Å²) in [4.78, 5) is 29.7. The second kappa shape index (κ2) is 11.0. The third-order valence-corrected chi connectivity index (χ3v) is 5.76. The molecule has 200 valence electrons. The number of rotatable bonds is 9. The van der Waals surface area contributed by atoms with Gasteiger partial charge in [0.05, 0.1) is 22.3 Å². The minimum absolute atomic E-state index is 0.0175. The number of benzene rings is 2. The number of nitro groups is 1. The number of aliphatic hydroxyl groups excluding tert-OH is 1. The molecule has 1 fully saturated rings. The topological polar surface area (TPSA) is 150 Å². The van der Waals surface area contributed by atoms with Gasteiger partial charge < -0.3 is 30.5 Å². The van der Waals surface area contributed by atoms with Gasteiger partial charge in [-0.25, -0.2) is 4.98 Å². The van der Waals surface area contributed by atoms with E-state index in [1.54, 1.807) is 0 Å². The Labute approximate surface area is 219 Å². The monoisotopic (exact) mass is 549 g/mol. The van der Waals surface area contributed by atoms with Crippen LogP contribution in [-0.2, 0) is 6.54 Å². The molecule has 0 spiro atoms. The molecular weight excluding hydrogens is 528 g/mol. The summed E-state index contributed by atoms with van der Waals surface area (Å²) in [7, 11) is 0. The van der Waals surface area contributed by atoms with Gasteiger partial charge in [-0.3, -0.25) is 14.9 Å². The van der Waals surface area contributed by atoms with Crippen molar-refractivity contribution in [2.75, 3.05) is 28.6 Å². The number of nitro benzene ring substituents is 1. The lowest BCUT2D eigenvalue weighted by Gasteiger charge is -2.21. The van der Waals surface area contributed by atoms with Gasteiger partial charge in [0.15, 0.2) is 5.82 Å². The number of aromatic hydroxyl groups is 1. The van der Waals surface area contributed by atoms with E-state index in [0.29, 0.717) is 36.7 Å². The van der Waals surface area contributed by atoms with E-state index in [0.717, 1.165) is 0 Å². The summed E-state index contributed by atoms with van der Waals surface area (Å²) in [5.41, 5.74) is -2.97. The molecule has 1 aromatic heterocycles. The lowest BCUT2D eigenvalue weighted by molar-refractivity contribution is -0.384. The Morgan fingerprint density at radius 2 is 2.00 bits per heavy atom. The molecule has 4 rings (SSSR count). The number of phenolic OH excluding ortho intramolecular Hbond substituents is 1. The van der Waals surface area contributed by atoms with Crippen LogP contribution < -0.4 is 20.3 Å². The Morgan fingerprint density at radius 1 is 1.26 bits per heavy atom. The normalized spacial score (nSPS) is 15.3. The van der Waals surface area contributed by atoms with Crippen LogP contribution in [0.25, 0.3) is 0 Å². The number of hydrogen-bond donors (Lipinski definition) is 4. The molecule has 4 N–H and O–H groups in total. The van der Waals surface area contributed by atoms with Crippen molar-refractivity contribution in [2.24, 2.45) is 0 Å². The first kappa shape index (κ1) is 26.8. The Balaban J connectivity index is 1.55. The number of pyridine rings is 1. The second-order valence-corrected chi connectivity index (χ2v) is 8.87. The van der Waals surface area contributed by atoms with Crippen molar-refractivity contribution in [3.63, 3.8) is 0 Å². The zero-order chi connectivity index (χ0) is 27.4. The number of carbonyl (C=O) groups is 1. The highest BCUT2D eigenvalue weighted by molar-refractivity contribution is 6.20. The highest BCUT2D eigenvalue weighted by atomic mass is 35.5. The summed E-state index contributed by atoms with van der Waals surface area (Å²) in [6.07, 6.45) is 1.33. The average molecular weight is 550 g/mol. The molecule has 2 aromatic carbocycles. The van der Waals surface area contributed by atoms with Crippen LogP contribution in [-0.4, -0.2) is 50.8 Å². The number of non-ortho nitro benzene ring substituents is 1. The Hall–Kier alpha value is -4.23. The number of β-amino-alcohol motifs (C(OH)–C–C–N with tert-alkyl or cyclic N) is 1. The van der Waals surface area contributed by atoms with E-state index in [1.807, 2.05) is 4.90 Å². The van der Waals surface area contributed by atoms with Crippen LogP contribution in [0.15, 0.2) is 54.7 Å². The highest BCUT2D eigenvalue weighted by Crippen LogP contribution is 2.31. The molecule has 0 unspecified atom stereocenters. The van der Waals surface area contributed by atoms with Gasteiger partial charge in [0.25, 0.3) is 11.6 Å². The van der Waals surface area contributed by atoms with Crippen molar-refractivity contribution in [1.82, 2.24) is 4.98 Å². The first-order valence-electron chi connectivity index (χ1n) is 11.3. The van der Waals surface area contributed by atoms with Crippen LogP contribution in [0.1, 0.15) is 22.3 Å². The molecule has 0 radical (unpaired) electrons. The Morgan fingerprint density at radius 3 is 2.63 bits per heavy atom. The van der Waals surface area contributed by atoms with E-state index >= 15 is 0 Å². The van der Waals surface area contributed by atoms with Crippen molar-refractivity contribution in [3.05, 3.63) is 76.0 Å². The van der Waals surface area contributed by atoms with Gasteiger partial charge in [-0.1, -0.05) is 0 Å². The zero-order valence-electron chi connectivity index (χ0n) is 19.6. The third kappa shape index (κ3) is 6.75. The predicted molar refractivity (Wildman–Crippen MR) is 135 cm³/mol. The van der Waals surface area contributed by atoms with E-state index < -0.39 is 22.5 Å². The molecule has 1 amide bonds. The molecule has 1 aliphatic heterocycles. The first-order chi connectivity index (χ1) is 18.0. The van der Waals surface area contributed by atoms with Crippen LogP contribution >= 0.6 is 11.6 Å². The van der Waals surface area contributed by atoms with Crippen LogP contribution in [0.2, 0.25) is 0 Å². The average Bonchev–Trinajstić information content (AvgIpc) is 3.29. The number of halogens is 3. The molecule has 0 saturated carbocycles. The van der Waals surface area contributed by atoms with Crippen LogP contribution in [0, 0.1) is 10.1 Å². The summed E-state index contributed by atoms with van der Waals surface area (Å²) in [6.45, 7) is 0.827. The molecule has 0 bridgehead atoms. The Bertz CT molecular complexity index is 1340. The van der Waals surface area contributed by atoms with Gasteiger partial charge in [-0.15, -0.1) is 8.78 Å². The number of nitrogens with zero attached hydrogens (tertiary/aromatic N) is 3. The number of aliphatic hydroxyl groups is 1. The number of phenols is 1. The number of hydrogen-bond acceptors (Lipinski definition) is 9. The summed E-state index contributed by atoms with van der Waals surface area (Å²) < 4.78 is 29.8. The van der Waals surface area contributed by atoms with Gasteiger partial charge in [0, 0.05) is 60.8 Å². The molecule has 38 heavy (non-hydrogen) atoms. The minimum Gasteiger partial charge on any atom is -0.508 e. The molecule has 14 heteroatoms. The minimum atomic E-state index is -3.87. The van der Waals surface area contributed by atoms with Crippen molar-refractivity contribution in [3.8, 4) is 11.5 Å². The van der Waals surface area contributed by atoms with Gasteiger partial charge in [0.2, 0.25) is 0 Å². The lowest BCUT2D eigenvalue weighted by Crippen LogP contribution is -2.24. The van der Waals surface area contributed by atoms with Crippen LogP contribution in [0.4, 0.5) is 31.7 Å². The number of amides is 1. The number of alkyl halides is 3. The van der Waals surface area contributed by atoms with Crippen LogP contribution in [0.5, 0.6) is 11.5 Å². The molecule has 2 heterocycles. The van der Waals surface area contributed by atoms with E-state index in [4.69, 9.17) is 11.6 Å². The van der Waals surface area contributed by atoms with E-state index in [1.165, 1.54) is 54.7 Å². The number of aromatic nitrogens is 1. The summed E-state index contributed by atoms with van der Waals surface area (Å²) in [6, 6.07) is 10.3. The zero-order valence-corrected chi connectivity index (χ0v) is 20.4. The fraction of sp³-hybridized carbons (Fsp3) is 0.250. The fourth-order valence-electron chi connectivity index (χ4n) is 3.86. The molecule has 1 saturated heterocycles. The molecule has 11 nitrogen and oxygen atoms in total. The van der Waals surface area contributed by atoms with Crippen molar-refractivity contribution < 1.29 is 33.4 Å². The maximum Gasteiger partial charge on any atom is 0.487 e. The number of anilines is 3. The van der Waals surface area contributed by atoms with Gasteiger partial charge in [0.1, 0.15) is 11.5 Å². The Kier molecular flexibility index (Phi) is 7.78. The standard InChI is InChI=1S/C24H22ClF2N5O6/c25-24(26,27)38-19-4-1-16(2-5-19)30-23(35)15-10-20(22(29-12-15)31-8-7-18(33)13-31)28-11-14-9-17(32(36)37)3-6-21(14)34/h1-6,9-10,12,18,28,33-34H,7-8,11,13H2,(H,30,35)/t18-/m1/s1. The number of nitrogens with one attached hydrogen (secondary N) is 2. The van der Waals surface area contributed by atoms with E-state index in [-0.39, 0.29) is 34.9 Å². The number of carbonyl (C=O) groups excluding carboxylic acids is 1. The molecule has 3 aromatic rings. The maximum absolute atomic E-state index is 12.9. The van der Waals surface area contributed by atoms with Crippen molar-refractivity contribution in [1.29, 1.82) is 0 Å². The maximum atomic E-state index is 12.9.